The summed E-state index contributed by atoms with van der Waals surface area (Å²) in [5.41, 5.74) is 1.08. The van der Waals surface area contributed by atoms with Gasteiger partial charge in [-0.05, 0) is 24.6 Å². The van der Waals surface area contributed by atoms with Gasteiger partial charge in [-0.3, -0.25) is 4.79 Å². The fourth-order valence-corrected chi connectivity index (χ4v) is 2.56. The van der Waals surface area contributed by atoms with Crippen LogP contribution in [0.15, 0.2) is 72.9 Å². The molecule has 1 saturated heterocycles. The van der Waals surface area contributed by atoms with Gasteiger partial charge < -0.3 is 9.64 Å². The molecule has 2 aromatic carbocycles. The van der Waals surface area contributed by atoms with Crippen molar-refractivity contribution in [3.8, 4) is 5.75 Å². The number of allylic oxidation sites excluding steroid dienone is 1. The van der Waals surface area contributed by atoms with E-state index in [0.717, 1.165) is 11.3 Å². The van der Waals surface area contributed by atoms with Crippen LogP contribution >= 0.6 is 0 Å². The minimum absolute atomic E-state index is 0.00851. The van der Waals surface area contributed by atoms with Gasteiger partial charge in [0.05, 0.1) is 0 Å². The first-order valence-electron chi connectivity index (χ1n) is 7.03. The minimum Gasteiger partial charge on any atom is -0.478 e. The first kappa shape index (κ1) is 13.4. The fraction of sp³-hybridized carbons (Fsp3) is 0.167. The summed E-state index contributed by atoms with van der Waals surface area (Å²) in [5.74, 6) is 0.711. The molecule has 2 atom stereocenters. The van der Waals surface area contributed by atoms with Crippen molar-refractivity contribution in [1.29, 1.82) is 0 Å². The van der Waals surface area contributed by atoms with Crippen molar-refractivity contribution in [3.05, 3.63) is 78.5 Å². The van der Waals surface area contributed by atoms with E-state index in [1.165, 1.54) is 0 Å². The number of benzene rings is 2. The third-order valence-electron chi connectivity index (χ3n) is 3.54. The lowest BCUT2D eigenvalue weighted by molar-refractivity contribution is -0.158. The number of ether oxygens (including phenoxy) is 1. The van der Waals surface area contributed by atoms with Crippen LogP contribution in [0.4, 0.5) is 0 Å². The lowest BCUT2D eigenvalue weighted by Gasteiger charge is -2.44. The van der Waals surface area contributed by atoms with Crippen LogP contribution < -0.4 is 4.74 Å². The van der Waals surface area contributed by atoms with E-state index < -0.39 is 6.10 Å². The van der Waals surface area contributed by atoms with Crippen molar-refractivity contribution >= 4 is 5.91 Å². The molecule has 21 heavy (non-hydrogen) atoms. The van der Waals surface area contributed by atoms with Crippen LogP contribution in [0.3, 0.4) is 0 Å². The second-order valence-electron chi connectivity index (χ2n) is 4.93. The first-order valence-corrected chi connectivity index (χ1v) is 7.03. The Morgan fingerprint density at radius 2 is 1.62 bits per heavy atom. The quantitative estimate of drug-likeness (QED) is 0.801. The van der Waals surface area contributed by atoms with E-state index in [9.17, 15) is 4.79 Å². The van der Waals surface area contributed by atoms with Crippen molar-refractivity contribution in [2.75, 3.05) is 0 Å². The highest BCUT2D eigenvalue weighted by atomic mass is 16.5. The average molecular weight is 279 g/mol. The molecule has 0 radical (unpaired) electrons. The van der Waals surface area contributed by atoms with Crippen molar-refractivity contribution < 1.29 is 9.53 Å². The number of hydrogen-bond donors (Lipinski definition) is 0. The Morgan fingerprint density at radius 3 is 2.24 bits per heavy atom. The maximum absolute atomic E-state index is 12.3. The summed E-state index contributed by atoms with van der Waals surface area (Å²) in [6.07, 6.45) is 3.21. The van der Waals surface area contributed by atoms with Crippen molar-refractivity contribution in [2.24, 2.45) is 0 Å². The molecule has 3 nitrogen and oxygen atoms in total. The van der Waals surface area contributed by atoms with E-state index in [1.807, 2.05) is 79.9 Å². The van der Waals surface area contributed by atoms with Crippen LogP contribution in [0.1, 0.15) is 18.5 Å². The molecule has 2 aromatic rings. The van der Waals surface area contributed by atoms with E-state index in [2.05, 4.69) is 0 Å². The number of nitrogens with zero attached hydrogens (tertiary/aromatic N) is 1. The third kappa shape index (κ3) is 2.55. The van der Waals surface area contributed by atoms with Crippen molar-refractivity contribution in [1.82, 2.24) is 4.90 Å². The van der Waals surface area contributed by atoms with Gasteiger partial charge in [0, 0.05) is 6.20 Å². The molecule has 3 rings (SSSR count). The predicted molar refractivity (Wildman–Crippen MR) is 81.7 cm³/mol. The minimum atomic E-state index is -0.467. The maximum atomic E-state index is 12.3. The molecule has 1 heterocycles. The van der Waals surface area contributed by atoms with Gasteiger partial charge in [-0.25, -0.2) is 0 Å². The molecule has 0 aromatic heterocycles. The molecule has 0 bridgehead atoms. The zero-order valence-electron chi connectivity index (χ0n) is 11.8. The molecule has 1 fully saturated rings. The summed E-state index contributed by atoms with van der Waals surface area (Å²) in [7, 11) is 0. The second-order valence-corrected chi connectivity index (χ2v) is 4.93. The number of carbonyl (C=O) groups is 1. The number of hydrogen-bond acceptors (Lipinski definition) is 2. The van der Waals surface area contributed by atoms with Gasteiger partial charge in [-0.2, -0.15) is 0 Å². The van der Waals surface area contributed by atoms with Crippen molar-refractivity contribution in [2.45, 2.75) is 19.1 Å². The highest BCUT2D eigenvalue weighted by molar-refractivity contribution is 5.90. The van der Waals surface area contributed by atoms with Gasteiger partial charge in [0.2, 0.25) is 6.10 Å². The van der Waals surface area contributed by atoms with Crippen LogP contribution in [0, 0.1) is 0 Å². The summed E-state index contributed by atoms with van der Waals surface area (Å²) in [6, 6.07) is 19.4. The lowest BCUT2D eigenvalue weighted by atomic mass is 9.91. The summed E-state index contributed by atoms with van der Waals surface area (Å²) in [6.45, 7) is 1.90. The Balaban J connectivity index is 1.86. The number of carbonyl (C=O) groups excluding carboxylic acids is 1. The van der Waals surface area contributed by atoms with Crippen molar-refractivity contribution in [3.63, 3.8) is 0 Å². The molecule has 0 spiro atoms. The number of likely N-dealkylation sites (tertiary alicyclic amines) is 1. The van der Waals surface area contributed by atoms with Crippen LogP contribution in [0.5, 0.6) is 5.75 Å². The predicted octanol–water partition coefficient (Wildman–Crippen LogP) is 3.55. The molecule has 0 aliphatic carbocycles. The normalized spacial score (nSPS) is 21.4. The molecule has 0 saturated carbocycles. The Morgan fingerprint density at radius 1 is 1.00 bits per heavy atom. The maximum Gasteiger partial charge on any atom is 0.270 e. The zero-order chi connectivity index (χ0) is 14.7. The van der Waals surface area contributed by atoms with Crippen LogP contribution in [-0.2, 0) is 4.79 Å². The Bertz CT molecular complexity index is 637. The Kier molecular flexibility index (Phi) is 3.73. The monoisotopic (exact) mass is 279 g/mol. The summed E-state index contributed by atoms with van der Waals surface area (Å²) in [4.78, 5) is 14.0. The van der Waals surface area contributed by atoms with Gasteiger partial charge in [0.15, 0.2) is 0 Å². The van der Waals surface area contributed by atoms with E-state index in [1.54, 1.807) is 4.90 Å². The fourth-order valence-electron chi connectivity index (χ4n) is 2.56. The van der Waals surface area contributed by atoms with Crippen LogP contribution in [0.2, 0.25) is 0 Å². The smallest absolute Gasteiger partial charge is 0.270 e. The van der Waals surface area contributed by atoms with E-state index in [4.69, 9.17) is 4.74 Å². The molecule has 1 aliphatic rings. The van der Waals surface area contributed by atoms with Gasteiger partial charge in [0.1, 0.15) is 11.8 Å². The largest absolute Gasteiger partial charge is 0.478 e. The van der Waals surface area contributed by atoms with Gasteiger partial charge in [-0.15, -0.1) is 0 Å². The average Bonchev–Trinajstić information content (AvgIpc) is 2.55. The first-order chi connectivity index (χ1) is 10.3. The number of amides is 1. The van der Waals surface area contributed by atoms with E-state index in [-0.39, 0.29) is 11.9 Å². The highest BCUT2D eigenvalue weighted by Crippen LogP contribution is 2.37. The second kappa shape index (κ2) is 5.83. The number of para-hydroxylation sites is 1. The summed E-state index contributed by atoms with van der Waals surface area (Å²) < 4.78 is 5.88. The molecular formula is C18H17NO2. The molecule has 0 N–H and O–H groups in total. The number of β-lactam (4-membered cyclic amide) rings is 1. The number of rotatable bonds is 4. The highest BCUT2D eigenvalue weighted by Gasteiger charge is 2.49. The third-order valence-corrected chi connectivity index (χ3v) is 3.54. The molecule has 0 unspecified atom stereocenters. The molecule has 106 valence electrons. The molecule has 1 aliphatic heterocycles. The van der Waals surface area contributed by atoms with E-state index in [0.29, 0.717) is 0 Å². The SMILES string of the molecule is C/C=C/N1C(=O)[C@H](Oc2ccccc2)[C@@H]1c1ccccc1. The van der Waals surface area contributed by atoms with Gasteiger partial charge >= 0.3 is 0 Å². The summed E-state index contributed by atoms with van der Waals surface area (Å²) in [5, 5.41) is 0. The molecular weight excluding hydrogens is 262 g/mol. The molecule has 3 heteroatoms. The Labute approximate surface area is 124 Å². The van der Waals surface area contributed by atoms with Gasteiger partial charge in [-0.1, -0.05) is 54.6 Å². The zero-order valence-corrected chi connectivity index (χ0v) is 11.8. The lowest BCUT2D eigenvalue weighted by Crippen LogP contribution is -2.58. The Hall–Kier alpha value is -2.55. The topological polar surface area (TPSA) is 29.5 Å². The summed E-state index contributed by atoms with van der Waals surface area (Å²) >= 11 is 0. The van der Waals surface area contributed by atoms with Gasteiger partial charge in [0.25, 0.3) is 5.91 Å². The molecule has 1 amide bonds. The van der Waals surface area contributed by atoms with E-state index >= 15 is 0 Å². The van der Waals surface area contributed by atoms with Crippen LogP contribution in [0.25, 0.3) is 0 Å². The van der Waals surface area contributed by atoms with Crippen LogP contribution in [-0.4, -0.2) is 16.9 Å². The standard InChI is InChI=1S/C18H17NO2/c1-2-13-19-16(14-9-5-3-6-10-14)17(18(19)20)21-15-11-7-4-8-12-15/h2-13,16-17H,1H3/b13-2+/t16-,17+/m0/s1.